The molecule has 0 radical (unpaired) electrons. The number of benzene rings is 1. The van der Waals surface area contributed by atoms with Crippen LogP contribution in [-0.4, -0.2) is 47.3 Å². The Bertz CT molecular complexity index is 560. The second-order valence-electron chi connectivity index (χ2n) is 4.40. The van der Waals surface area contributed by atoms with Crippen LogP contribution in [-0.2, 0) is 4.79 Å². The number of carbonyl (C=O) groups is 2. The van der Waals surface area contributed by atoms with Crippen LogP contribution in [0.25, 0.3) is 0 Å². The fourth-order valence-corrected chi connectivity index (χ4v) is 2.17. The summed E-state index contributed by atoms with van der Waals surface area (Å²) in [5.41, 5.74) is 4.95. The van der Waals surface area contributed by atoms with Crippen LogP contribution in [0.5, 0.6) is 0 Å². The van der Waals surface area contributed by atoms with Crippen molar-refractivity contribution in [2.75, 3.05) is 19.6 Å². The largest absolute Gasteiger partial charge is 0.368 e. The van der Waals surface area contributed by atoms with Gasteiger partial charge in [0.25, 0.3) is 11.6 Å². The van der Waals surface area contributed by atoms with Crippen LogP contribution in [0.3, 0.4) is 0 Å². The molecule has 3 N–H and O–H groups in total. The first-order valence-electron chi connectivity index (χ1n) is 6.07. The average Bonchev–Trinajstić information content (AvgIpc) is 2.46. The Kier molecular flexibility index (Phi) is 3.94. The molecule has 0 aromatic heterocycles. The maximum atomic E-state index is 12.4. The molecule has 0 aliphatic carbocycles. The third-order valence-electron chi connectivity index (χ3n) is 3.16. The summed E-state index contributed by atoms with van der Waals surface area (Å²) in [5, 5.41) is 13.9. The molecular weight excluding hydrogens is 264 g/mol. The molecule has 0 bridgehead atoms. The van der Waals surface area contributed by atoms with Crippen LogP contribution in [0.15, 0.2) is 24.3 Å². The van der Waals surface area contributed by atoms with E-state index in [0.717, 1.165) is 0 Å². The highest BCUT2D eigenvalue weighted by Crippen LogP contribution is 2.21. The normalized spacial score (nSPS) is 18.6. The standard InChI is InChI=1S/C12H14N4O4/c13-11(17)10-7-14-5-6-15(10)12(18)8-3-1-2-4-9(8)16(19)20/h1-4,10,14H,5-7H2,(H2,13,17). The summed E-state index contributed by atoms with van der Waals surface area (Å²) < 4.78 is 0. The van der Waals surface area contributed by atoms with Gasteiger partial charge in [-0.05, 0) is 6.07 Å². The van der Waals surface area contributed by atoms with Crippen LogP contribution in [0.2, 0.25) is 0 Å². The van der Waals surface area contributed by atoms with E-state index in [1.54, 1.807) is 6.07 Å². The maximum Gasteiger partial charge on any atom is 0.282 e. The highest BCUT2D eigenvalue weighted by Gasteiger charge is 2.33. The third-order valence-corrected chi connectivity index (χ3v) is 3.16. The van der Waals surface area contributed by atoms with Gasteiger partial charge in [-0.25, -0.2) is 0 Å². The van der Waals surface area contributed by atoms with Gasteiger partial charge in [0.1, 0.15) is 11.6 Å². The van der Waals surface area contributed by atoms with Gasteiger partial charge in [0.15, 0.2) is 0 Å². The quantitative estimate of drug-likeness (QED) is 0.570. The molecule has 2 amide bonds. The SMILES string of the molecule is NC(=O)C1CNCCN1C(=O)c1ccccc1[N+](=O)[O-]. The zero-order chi connectivity index (χ0) is 14.7. The molecule has 2 rings (SSSR count). The molecule has 1 unspecified atom stereocenters. The lowest BCUT2D eigenvalue weighted by Gasteiger charge is -2.34. The zero-order valence-electron chi connectivity index (χ0n) is 10.6. The smallest absolute Gasteiger partial charge is 0.282 e. The van der Waals surface area contributed by atoms with E-state index < -0.39 is 22.8 Å². The van der Waals surface area contributed by atoms with E-state index in [1.807, 2.05) is 0 Å². The molecule has 1 aromatic carbocycles. The van der Waals surface area contributed by atoms with Gasteiger partial charge in [0.2, 0.25) is 5.91 Å². The molecule has 106 valence electrons. The fraction of sp³-hybridized carbons (Fsp3) is 0.333. The number of nitrogens with zero attached hydrogens (tertiary/aromatic N) is 2. The van der Waals surface area contributed by atoms with E-state index in [2.05, 4.69) is 5.32 Å². The van der Waals surface area contributed by atoms with E-state index in [4.69, 9.17) is 5.73 Å². The minimum absolute atomic E-state index is 0.0364. The van der Waals surface area contributed by atoms with E-state index >= 15 is 0 Å². The first-order valence-corrected chi connectivity index (χ1v) is 6.07. The summed E-state index contributed by atoms with van der Waals surface area (Å²) >= 11 is 0. The van der Waals surface area contributed by atoms with Crippen LogP contribution in [0.4, 0.5) is 5.69 Å². The Hall–Kier alpha value is -2.48. The number of rotatable bonds is 3. The molecule has 20 heavy (non-hydrogen) atoms. The summed E-state index contributed by atoms with van der Waals surface area (Å²) in [6.45, 7) is 1.04. The molecule has 1 atom stereocenters. The molecule has 1 aliphatic heterocycles. The molecule has 8 heteroatoms. The first kappa shape index (κ1) is 13.9. The van der Waals surface area contributed by atoms with Crippen molar-refractivity contribution in [2.24, 2.45) is 5.73 Å². The van der Waals surface area contributed by atoms with Crippen molar-refractivity contribution in [3.8, 4) is 0 Å². The van der Waals surface area contributed by atoms with Crippen molar-refractivity contribution < 1.29 is 14.5 Å². The average molecular weight is 278 g/mol. The number of nitrogens with one attached hydrogen (secondary N) is 1. The van der Waals surface area contributed by atoms with Crippen LogP contribution in [0, 0.1) is 10.1 Å². The molecule has 1 aromatic rings. The topological polar surface area (TPSA) is 119 Å². The van der Waals surface area contributed by atoms with Gasteiger partial charge in [-0.3, -0.25) is 19.7 Å². The van der Waals surface area contributed by atoms with Crippen molar-refractivity contribution in [3.05, 3.63) is 39.9 Å². The predicted octanol–water partition coefficient (Wildman–Crippen LogP) is -0.506. The molecule has 0 spiro atoms. The number of carbonyl (C=O) groups excluding carboxylic acids is 2. The fourth-order valence-electron chi connectivity index (χ4n) is 2.17. The lowest BCUT2D eigenvalue weighted by molar-refractivity contribution is -0.385. The highest BCUT2D eigenvalue weighted by molar-refractivity contribution is 6.00. The summed E-state index contributed by atoms with van der Waals surface area (Å²) in [5.74, 6) is -1.19. The number of piperazine rings is 1. The molecular formula is C12H14N4O4. The van der Waals surface area contributed by atoms with E-state index in [-0.39, 0.29) is 24.3 Å². The summed E-state index contributed by atoms with van der Waals surface area (Å²) in [4.78, 5) is 35.4. The van der Waals surface area contributed by atoms with Crippen molar-refractivity contribution in [1.29, 1.82) is 0 Å². The molecule has 8 nitrogen and oxygen atoms in total. The second kappa shape index (κ2) is 5.66. The maximum absolute atomic E-state index is 12.4. The number of hydrogen-bond donors (Lipinski definition) is 2. The van der Waals surface area contributed by atoms with E-state index in [1.165, 1.54) is 23.1 Å². The zero-order valence-corrected chi connectivity index (χ0v) is 10.6. The van der Waals surface area contributed by atoms with Gasteiger partial charge >= 0.3 is 0 Å². The van der Waals surface area contributed by atoms with Crippen molar-refractivity contribution in [2.45, 2.75) is 6.04 Å². The number of amides is 2. The van der Waals surface area contributed by atoms with Crippen molar-refractivity contribution in [3.63, 3.8) is 0 Å². The van der Waals surface area contributed by atoms with Gasteiger partial charge in [-0.15, -0.1) is 0 Å². The lowest BCUT2D eigenvalue weighted by atomic mass is 10.1. The Morgan fingerprint density at radius 3 is 2.75 bits per heavy atom. The number of para-hydroxylation sites is 1. The molecule has 1 fully saturated rings. The molecule has 1 heterocycles. The minimum Gasteiger partial charge on any atom is -0.368 e. The first-order chi connectivity index (χ1) is 9.52. The van der Waals surface area contributed by atoms with Crippen LogP contribution < -0.4 is 11.1 Å². The molecule has 1 saturated heterocycles. The Morgan fingerprint density at radius 2 is 2.10 bits per heavy atom. The number of primary amides is 1. The summed E-state index contributed by atoms with van der Waals surface area (Å²) in [6.07, 6.45) is 0. The number of nitro benzene ring substituents is 1. The van der Waals surface area contributed by atoms with Gasteiger partial charge in [0, 0.05) is 25.7 Å². The van der Waals surface area contributed by atoms with Gasteiger partial charge in [-0.1, -0.05) is 12.1 Å². The van der Waals surface area contributed by atoms with Gasteiger partial charge in [-0.2, -0.15) is 0 Å². The third kappa shape index (κ3) is 2.59. The summed E-state index contributed by atoms with van der Waals surface area (Å²) in [7, 11) is 0. The van der Waals surface area contributed by atoms with Crippen molar-refractivity contribution >= 4 is 17.5 Å². The second-order valence-corrected chi connectivity index (χ2v) is 4.40. The van der Waals surface area contributed by atoms with Gasteiger partial charge < -0.3 is 16.0 Å². The van der Waals surface area contributed by atoms with E-state index in [0.29, 0.717) is 6.54 Å². The van der Waals surface area contributed by atoms with Crippen LogP contribution >= 0.6 is 0 Å². The number of nitrogens with two attached hydrogens (primary N) is 1. The molecule has 0 saturated carbocycles. The predicted molar refractivity (Wildman–Crippen MR) is 70.0 cm³/mol. The minimum atomic E-state index is -0.795. The Balaban J connectivity index is 2.35. The van der Waals surface area contributed by atoms with Crippen LogP contribution in [0.1, 0.15) is 10.4 Å². The Morgan fingerprint density at radius 1 is 1.40 bits per heavy atom. The number of nitro groups is 1. The lowest BCUT2D eigenvalue weighted by Crippen LogP contribution is -2.58. The number of hydrogen-bond acceptors (Lipinski definition) is 5. The monoisotopic (exact) mass is 278 g/mol. The summed E-state index contributed by atoms with van der Waals surface area (Å²) in [6, 6.07) is 4.87. The highest BCUT2D eigenvalue weighted by atomic mass is 16.6. The van der Waals surface area contributed by atoms with Crippen molar-refractivity contribution in [1.82, 2.24) is 10.2 Å². The van der Waals surface area contributed by atoms with Gasteiger partial charge in [0.05, 0.1) is 4.92 Å². The Labute approximate surface area is 114 Å². The molecule has 1 aliphatic rings. The van der Waals surface area contributed by atoms with E-state index in [9.17, 15) is 19.7 Å².